The zero-order valence-corrected chi connectivity index (χ0v) is 13.6. The van der Waals surface area contributed by atoms with E-state index in [0.717, 1.165) is 0 Å². The molecular formula is C10H19BrF4O2Si. The maximum Gasteiger partial charge on any atom is 0.366 e. The van der Waals surface area contributed by atoms with Crippen molar-refractivity contribution in [1.82, 2.24) is 0 Å². The van der Waals surface area contributed by atoms with Crippen LogP contribution >= 0.6 is 15.9 Å². The Morgan fingerprint density at radius 3 is 1.83 bits per heavy atom. The number of hydrogen-bond acceptors (Lipinski definition) is 2. The highest BCUT2D eigenvalue weighted by Gasteiger charge is 2.59. The predicted octanol–water partition coefficient (Wildman–Crippen LogP) is 3.99. The van der Waals surface area contributed by atoms with Gasteiger partial charge >= 0.3 is 10.8 Å². The SMILES string of the molecule is CC(C)(C)[Si](C)(C)OC[C@@H](O)C(F)(F)C(F)(F)Br. The number of aliphatic hydroxyl groups excluding tert-OH is 1. The van der Waals surface area contributed by atoms with Crippen LogP contribution in [0.2, 0.25) is 18.1 Å². The molecule has 0 aromatic carbocycles. The van der Waals surface area contributed by atoms with Crippen LogP contribution in [0.15, 0.2) is 0 Å². The van der Waals surface area contributed by atoms with Gasteiger partial charge in [0.1, 0.15) is 6.10 Å². The maximum atomic E-state index is 13.1. The molecule has 8 heteroatoms. The third-order valence-electron chi connectivity index (χ3n) is 3.20. The van der Waals surface area contributed by atoms with Gasteiger partial charge in [-0.15, -0.1) is 0 Å². The highest BCUT2D eigenvalue weighted by molar-refractivity contribution is 9.10. The van der Waals surface area contributed by atoms with Crippen molar-refractivity contribution >= 4 is 24.2 Å². The molecule has 0 amide bonds. The van der Waals surface area contributed by atoms with Crippen molar-refractivity contribution in [3.63, 3.8) is 0 Å². The average Bonchev–Trinajstić information content (AvgIpc) is 2.10. The molecule has 0 radical (unpaired) electrons. The first-order valence-corrected chi connectivity index (χ1v) is 9.09. The minimum atomic E-state index is -4.57. The molecule has 0 aliphatic heterocycles. The summed E-state index contributed by atoms with van der Waals surface area (Å²) in [5, 5.41) is 8.93. The Hall–Kier alpha value is 0.337. The summed E-state index contributed by atoms with van der Waals surface area (Å²) in [5.74, 6) is -4.57. The van der Waals surface area contributed by atoms with Crippen LogP contribution in [0.3, 0.4) is 0 Å². The highest BCUT2D eigenvalue weighted by Crippen LogP contribution is 2.43. The summed E-state index contributed by atoms with van der Waals surface area (Å²) in [6, 6.07) is 0. The summed E-state index contributed by atoms with van der Waals surface area (Å²) >= 11 is 1.57. The number of alkyl halides is 5. The largest absolute Gasteiger partial charge is 0.414 e. The Morgan fingerprint density at radius 1 is 1.17 bits per heavy atom. The highest BCUT2D eigenvalue weighted by atomic mass is 79.9. The maximum absolute atomic E-state index is 13.1. The lowest BCUT2D eigenvalue weighted by Crippen LogP contribution is -2.51. The molecule has 0 aliphatic carbocycles. The summed E-state index contributed by atoms with van der Waals surface area (Å²) in [5.41, 5.74) is 0. The van der Waals surface area contributed by atoms with Crippen LogP contribution in [-0.4, -0.2) is 36.9 Å². The van der Waals surface area contributed by atoms with Crippen LogP contribution in [0, 0.1) is 0 Å². The standard InChI is InChI=1S/C10H19BrF4O2Si/c1-8(2,3)18(4,5)17-6-7(16)9(12,13)10(11,14)15/h7,16H,6H2,1-5H3/t7-/m1/s1. The molecule has 0 saturated carbocycles. The van der Waals surface area contributed by atoms with E-state index < -0.39 is 31.8 Å². The molecule has 0 aromatic heterocycles. The van der Waals surface area contributed by atoms with Crippen LogP contribution < -0.4 is 0 Å². The molecule has 0 rings (SSSR count). The van der Waals surface area contributed by atoms with E-state index in [-0.39, 0.29) is 5.04 Å². The first-order chi connectivity index (χ1) is 7.63. The molecule has 0 aromatic rings. The zero-order chi connectivity index (χ0) is 15.0. The van der Waals surface area contributed by atoms with Gasteiger partial charge in [-0.05, 0) is 34.1 Å². The third-order valence-corrected chi connectivity index (χ3v) is 8.23. The van der Waals surface area contributed by atoms with Gasteiger partial charge < -0.3 is 9.53 Å². The van der Waals surface area contributed by atoms with E-state index in [1.165, 1.54) is 0 Å². The van der Waals surface area contributed by atoms with Gasteiger partial charge in [0, 0.05) is 0 Å². The fourth-order valence-electron chi connectivity index (χ4n) is 0.797. The van der Waals surface area contributed by atoms with E-state index in [1.54, 1.807) is 29.0 Å². The van der Waals surface area contributed by atoms with E-state index >= 15 is 0 Å². The van der Waals surface area contributed by atoms with E-state index in [0.29, 0.717) is 0 Å². The quantitative estimate of drug-likeness (QED) is 0.459. The van der Waals surface area contributed by atoms with E-state index in [9.17, 15) is 22.7 Å². The molecule has 0 fully saturated rings. The number of aliphatic hydroxyl groups is 1. The summed E-state index contributed by atoms with van der Waals surface area (Å²) in [7, 11) is -2.36. The van der Waals surface area contributed by atoms with Crippen molar-refractivity contribution in [3.05, 3.63) is 0 Å². The molecule has 18 heavy (non-hydrogen) atoms. The smallest absolute Gasteiger partial charge is 0.366 e. The Morgan fingerprint density at radius 2 is 1.56 bits per heavy atom. The number of rotatable bonds is 5. The predicted molar refractivity (Wildman–Crippen MR) is 68.0 cm³/mol. The molecule has 110 valence electrons. The van der Waals surface area contributed by atoms with Crippen molar-refractivity contribution in [1.29, 1.82) is 0 Å². The lowest BCUT2D eigenvalue weighted by Gasteiger charge is -2.37. The van der Waals surface area contributed by atoms with Crippen molar-refractivity contribution in [3.8, 4) is 0 Å². The van der Waals surface area contributed by atoms with Crippen LogP contribution in [-0.2, 0) is 4.43 Å². The zero-order valence-electron chi connectivity index (χ0n) is 11.0. The average molecular weight is 355 g/mol. The molecule has 1 N–H and O–H groups in total. The van der Waals surface area contributed by atoms with Gasteiger partial charge in [0.25, 0.3) is 0 Å². The van der Waals surface area contributed by atoms with Gasteiger partial charge in [-0.1, -0.05) is 20.8 Å². The van der Waals surface area contributed by atoms with E-state index in [2.05, 4.69) is 0 Å². The van der Waals surface area contributed by atoms with Gasteiger partial charge in [-0.3, -0.25) is 0 Å². The molecular weight excluding hydrogens is 336 g/mol. The van der Waals surface area contributed by atoms with Gasteiger partial charge in [0.2, 0.25) is 0 Å². The van der Waals surface area contributed by atoms with E-state index in [4.69, 9.17) is 4.43 Å². The fraction of sp³-hybridized carbons (Fsp3) is 1.00. The van der Waals surface area contributed by atoms with Gasteiger partial charge in [0.15, 0.2) is 8.32 Å². The van der Waals surface area contributed by atoms with Crippen LogP contribution in [0.1, 0.15) is 20.8 Å². The molecule has 0 unspecified atom stereocenters. The Balaban J connectivity index is 4.67. The number of hydrogen-bond donors (Lipinski definition) is 1. The lowest BCUT2D eigenvalue weighted by molar-refractivity contribution is -0.211. The topological polar surface area (TPSA) is 29.5 Å². The summed E-state index contributed by atoms with van der Waals surface area (Å²) in [6.45, 7) is 8.38. The fourth-order valence-corrected chi connectivity index (χ4v) is 2.07. The summed E-state index contributed by atoms with van der Waals surface area (Å²) in [4.78, 5) is -4.46. The Bertz CT molecular complexity index is 287. The third kappa shape index (κ3) is 4.18. The minimum Gasteiger partial charge on any atom is -0.414 e. The molecule has 0 heterocycles. The van der Waals surface area contributed by atoms with Crippen molar-refractivity contribution in [2.45, 2.75) is 55.8 Å². The second-order valence-corrected chi connectivity index (χ2v) is 11.5. The molecule has 0 bridgehead atoms. The van der Waals surface area contributed by atoms with Crippen LogP contribution in [0.25, 0.3) is 0 Å². The first-order valence-electron chi connectivity index (χ1n) is 5.39. The van der Waals surface area contributed by atoms with Crippen LogP contribution in [0.4, 0.5) is 17.6 Å². The Labute approximate surface area is 114 Å². The van der Waals surface area contributed by atoms with Gasteiger partial charge in [-0.25, -0.2) is 0 Å². The monoisotopic (exact) mass is 354 g/mol. The van der Waals surface area contributed by atoms with Gasteiger partial charge in [-0.2, -0.15) is 17.6 Å². The second kappa shape index (κ2) is 5.38. The van der Waals surface area contributed by atoms with E-state index in [1.807, 2.05) is 20.8 Å². The van der Waals surface area contributed by atoms with Crippen molar-refractivity contribution in [2.75, 3.05) is 6.61 Å². The van der Waals surface area contributed by atoms with Crippen LogP contribution in [0.5, 0.6) is 0 Å². The molecule has 1 atom stereocenters. The number of halogens is 5. The Kier molecular flexibility index (Phi) is 5.48. The lowest BCUT2D eigenvalue weighted by atomic mass is 10.2. The normalized spacial score (nSPS) is 16.8. The minimum absolute atomic E-state index is 0.251. The molecule has 0 spiro atoms. The summed E-state index contributed by atoms with van der Waals surface area (Å²) < 4.78 is 56.6. The van der Waals surface area contributed by atoms with Crippen molar-refractivity contribution < 1.29 is 27.1 Å². The second-order valence-electron chi connectivity index (χ2n) is 5.71. The molecule has 2 nitrogen and oxygen atoms in total. The molecule has 0 aliphatic rings. The van der Waals surface area contributed by atoms with Crippen molar-refractivity contribution in [2.24, 2.45) is 0 Å². The van der Waals surface area contributed by atoms with Gasteiger partial charge in [0.05, 0.1) is 6.61 Å². The molecule has 0 saturated heterocycles. The summed E-state index contributed by atoms with van der Waals surface area (Å²) in [6.07, 6.45) is -2.55. The first kappa shape index (κ1) is 18.3.